The molecule has 3 N–H and O–H groups in total. The fourth-order valence-corrected chi connectivity index (χ4v) is 4.11. The summed E-state index contributed by atoms with van der Waals surface area (Å²) < 4.78 is 33.7. The fourth-order valence-electron chi connectivity index (χ4n) is 2.80. The summed E-state index contributed by atoms with van der Waals surface area (Å²) in [6.07, 6.45) is 2.39. The first-order chi connectivity index (χ1) is 15.7. The summed E-state index contributed by atoms with van der Waals surface area (Å²) in [6.45, 7) is -0.413. The summed E-state index contributed by atoms with van der Waals surface area (Å²) in [4.78, 5) is 27.8. The highest BCUT2D eigenvalue weighted by Crippen LogP contribution is 2.19. The topological polar surface area (TPSA) is 135 Å². The molecule has 1 atom stereocenters. The Morgan fingerprint density at radius 3 is 2.38 bits per heavy atom. The Morgan fingerprint density at radius 2 is 1.74 bits per heavy atom. The molecule has 1 aromatic heterocycles. The number of nitrogens with zero attached hydrogens (tertiary/aromatic N) is 1. The third-order valence-electron chi connectivity index (χ3n) is 4.40. The summed E-state index contributed by atoms with van der Waals surface area (Å²) in [6, 6.07) is 14.1. The van der Waals surface area contributed by atoms with E-state index < -0.39 is 34.5 Å². The van der Waals surface area contributed by atoms with Crippen LogP contribution in [0.5, 0.6) is 5.75 Å². The van der Waals surface area contributed by atoms with Crippen molar-refractivity contribution in [1.82, 2.24) is 9.71 Å². The van der Waals surface area contributed by atoms with Crippen molar-refractivity contribution in [3.8, 4) is 5.75 Å². The maximum atomic E-state index is 12.9. The molecule has 0 bridgehead atoms. The number of carboxylic acid groups (broad SMARTS) is 1. The van der Waals surface area contributed by atoms with Crippen LogP contribution in [0, 0.1) is 0 Å². The monoisotopic (exact) mass is 525 g/mol. The molecule has 3 rings (SSSR count). The van der Waals surface area contributed by atoms with Gasteiger partial charge in [0.25, 0.3) is 0 Å². The molecule has 0 aliphatic rings. The number of hydrogen-bond donors (Lipinski definition) is 3. The maximum Gasteiger partial charge on any atom is 0.307 e. The molecule has 1 heterocycles. The van der Waals surface area contributed by atoms with Crippen LogP contribution < -0.4 is 14.8 Å². The van der Waals surface area contributed by atoms with E-state index in [9.17, 15) is 18.0 Å². The van der Waals surface area contributed by atoms with Crippen molar-refractivity contribution in [2.24, 2.45) is 0 Å². The highest BCUT2D eigenvalue weighted by molar-refractivity contribution is 7.89. The number of ether oxygens (including phenoxy) is 1. The molecule has 0 radical (unpaired) electrons. The highest BCUT2D eigenvalue weighted by Gasteiger charge is 2.27. The zero-order chi connectivity index (χ0) is 23.8. The van der Waals surface area contributed by atoms with Crippen LogP contribution in [-0.4, -0.2) is 43.0 Å². The quantitative estimate of drug-likeness (QED) is 0.370. The standard InChI is InChI=1S/C22H20ClN3O6S.ClH/c23-16-6-8-18(9-7-16)33(30,31)26-19(22(29)25-17-4-2-1-3-5-17)14-32-20-13-24-11-10-15(20)12-21(27)28;/h1-11,13,19,26H,12,14H2,(H,25,29)(H,27,28);1H. The van der Waals surface area contributed by atoms with E-state index in [1.165, 1.54) is 42.7 Å². The molecule has 0 fully saturated rings. The first kappa shape index (κ1) is 27.1. The number of amides is 1. The van der Waals surface area contributed by atoms with Gasteiger partial charge in [-0.2, -0.15) is 4.72 Å². The molecule has 0 aliphatic carbocycles. The number of benzene rings is 2. The number of para-hydroxylation sites is 1. The van der Waals surface area contributed by atoms with E-state index in [2.05, 4.69) is 15.0 Å². The Balaban J connectivity index is 0.00000408. The van der Waals surface area contributed by atoms with E-state index in [0.29, 0.717) is 16.3 Å². The number of sulfonamides is 1. The average Bonchev–Trinajstić information content (AvgIpc) is 2.78. The predicted octanol–water partition coefficient (Wildman–Crippen LogP) is 3.15. The van der Waals surface area contributed by atoms with Gasteiger partial charge < -0.3 is 15.2 Å². The first-order valence-corrected chi connectivity index (χ1v) is 11.5. The smallest absolute Gasteiger partial charge is 0.307 e. The summed E-state index contributed by atoms with van der Waals surface area (Å²) >= 11 is 5.83. The van der Waals surface area contributed by atoms with Gasteiger partial charge in [0, 0.05) is 22.5 Å². The number of aliphatic carboxylic acids is 1. The van der Waals surface area contributed by atoms with Crippen LogP contribution >= 0.6 is 24.0 Å². The van der Waals surface area contributed by atoms with Gasteiger partial charge in [-0.05, 0) is 42.5 Å². The van der Waals surface area contributed by atoms with E-state index in [1.54, 1.807) is 30.3 Å². The molecule has 1 amide bonds. The average molecular weight is 526 g/mol. The molecule has 0 aliphatic heterocycles. The van der Waals surface area contributed by atoms with Crippen molar-refractivity contribution in [1.29, 1.82) is 0 Å². The van der Waals surface area contributed by atoms with E-state index in [0.717, 1.165) is 0 Å². The Hall–Kier alpha value is -3.18. The van der Waals surface area contributed by atoms with Gasteiger partial charge in [-0.3, -0.25) is 14.6 Å². The van der Waals surface area contributed by atoms with E-state index in [-0.39, 0.29) is 29.5 Å². The van der Waals surface area contributed by atoms with Gasteiger partial charge in [0.1, 0.15) is 18.4 Å². The maximum absolute atomic E-state index is 12.9. The third-order valence-corrected chi connectivity index (χ3v) is 6.14. The Labute approximate surface area is 207 Å². The molecule has 180 valence electrons. The van der Waals surface area contributed by atoms with Crippen LogP contribution in [0.2, 0.25) is 5.02 Å². The van der Waals surface area contributed by atoms with E-state index >= 15 is 0 Å². The van der Waals surface area contributed by atoms with Crippen molar-refractivity contribution in [2.45, 2.75) is 17.4 Å². The summed E-state index contributed by atoms with van der Waals surface area (Å²) in [5.41, 5.74) is 0.798. The third kappa shape index (κ3) is 7.70. The second-order valence-electron chi connectivity index (χ2n) is 6.85. The number of pyridine rings is 1. The molecule has 3 aromatic rings. The molecule has 1 unspecified atom stereocenters. The first-order valence-electron chi connectivity index (χ1n) is 9.66. The normalized spacial score (nSPS) is 11.7. The number of carboxylic acids is 1. The van der Waals surface area contributed by atoms with Gasteiger partial charge in [-0.1, -0.05) is 29.8 Å². The summed E-state index contributed by atoms with van der Waals surface area (Å²) in [7, 11) is -4.11. The van der Waals surface area contributed by atoms with Gasteiger partial charge in [0.15, 0.2) is 0 Å². The minimum absolute atomic E-state index is 0. The second kappa shape index (κ2) is 12.3. The fraction of sp³-hybridized carbons (Fsp3) is 0.136. The van der Waals surface area contributed by atoms with Crippen LogP contribution in [0.15, 0.2) is 78.0 Å². The van der Waals surface area contributed by atoms with Crippen LogP contribution in [-0.2, 0) is 26.0 Å². The van der Waals surface area contributed by atoms with Crippen molar-refractivity contribution in [3.63, 3.8) is 0 Å². The van der Waals surface area contributed by atoms with Crippen LogP contribution in [0.4, 0.5) is 5.69 Å². The lowest BCUT2D eigenvalue weighted by Gasteiger charge is -2.20. The number of nitrogens with one attached hydrogen (secondary N) is 2. The van der Waals surface area contributed by atoms with Crippen LogP contribution in [0.3, 0.4) is 0 Å². The number of carbonyl (C=O) groups is 2. The lowest BCUT2D eigenvalue weighted by atomic mass is 10.2. The van der Waals surface area contributed by atoms with Crippen molar-refractivity contribution in [2.75, 3.05) is 11.9 Å². The van der Waals surface area contributed by atoms with E-state index in [4.69, 9.17) is 21.4 Å². The SMILES string of the molecule is Cl.O=C(O)Cc1ccncc1OCC(NS(=O)(=O)c1ccc(Cl)cc1)C(=O)Nc1ccccc1. The number of anilines is 1. The largest absolute Gasteiger partial charge is 0.489 e. The number of carbonyl (C=O) groups excluding carboxylic acids is 1. The van der Waals surface area contributed by atoms with Crippen molar-refractivity contribution < 1.29 is 27.9 Å². The number of hydrogen-bond acceptors (Lipinski definition) is 6. The zero-order valence-corrected chi connectivity index (χ0v) is 19.9. The minimum atomic E-state index is -4.11. The van der Waals surface area contributed by atoms with Crippen LogP contribution in [0.1, 0.15) is 5.56 Å². The lowest BCUT2D eigenvalue weighted by Crippen LogP contribution is -2.47. The number of aromatic nitrogens is 1. The Kier molecular flexibility index (Phi) is 9.82. The van der Waals surface area contributed by atoms with Gasteiger partial charge in [-0.15, -0.1) is 12.4 Å². The molecule has 9 nitrogen and oxygen atoms in total. The van der Waals surface area contributed by atoms with Gasteiger partial charge in [0.05, 0.1) is 17.5 Å². The second-order valence-corrected chi connectivity index (χ2v) is 9.00. The lowest BCUT2D eigenvalue weighted by molar-refractivity contribution is -0.136. The molecule has 34 heavy (non-hydrogen) atoms. The molecule has 12 heteroatoms. The molecule has 0 spiro atoms. The number of rotatable bonds is 10. The molecule has 0 saturated carbocycles. The molecule has 2 aromatic carbocycles. The van der Waals surface area contributed by atoms with Crippen molar-refractivity contribution >= 4 is 51.6 Å². The Morgan fingerprint density at radius 1 is 1.06 bits per heavy atom. The predicted molar refractivity (Wildman–Crippen MR) is 129 cm³/mol. The van der Waals surface area contributed by atoms with Gasteiger partial charge in [0.2, 0.25) is 15.9 Å². The summed E-state index contributed by atoms with van der Waals surface area (Å²) in [5, 5.41) is 12.1. The van der Waals surface area contributed by atoms with Gasteiger partial charge >= 0.3 is 5.97 Å². The molecule has 0 saturated heterocycles. The molecular formula is C22H21Cl2N3O6S. The van der Waals surface area contributed by atoms with E-state index in [1.807, 2.05) is 0 Å². The summed E-state index contributed by atoms with van der Waals surface area (Å²) in [5.74, 6) is -1.61. The van der Waals surface area contributed by atoms with Crippen LogP contribution in [0.25, 0.3) is 0 Å². The van der Waals surface area contributed by atoms with Crippen molar-refractivity contribution in [3.05, 3.63) is 83.6 Å². The highest BCUT2D eigenvalue weighted by atomic mass is 35.5. The minimum Gasteiger partial charge on any atom is -0.489 e. The van der Waals surface area contributed by atoms with Gasteiger partial charge in [-0.25, -0.2) is 8.42 Å². The molecular weight excluding hydrogens is 505 g/mol. The Bertz CT molecular complexity index is 1220. The number of halogens is 2. The zero-order valence-electron chi connectivity index (χ0n) is 17.5.